The summed E-state index contributed by atoms with van der Waals surface area (Å²) in [6.07, 6.45) is 0.866. The first-order valence-electron chi connectivity index (χ1n) is 10.3. The van der Waals surface area contributed by atoms with E-state index >= 15 is 0 Å². The molecule has 0 fully saturated rings. The van der Waals surface area contributed by atoms with Gasteiger partial charge in [0.2, 0.25) is 0 Å². The van der Waals surface area contributed by atoms with Gasteiger partial charge in [0.25, 0.3) is 0 Å². The van der Waals surface area contributed by atoms with Gasteiger partial charge in [0.1, 0.15) is 17.3 Å². The van der Waals surface area contributed by atoms with E-state index in [1.807, 2.05) is 60.7 Å². The van der Waals surface area contributed by atoms with E-state index in [4.69, 9.17) is 20.4 Å². The lowest BCUT2D eigenvalue weighted by Gasteiger charge is -2.15. The lowest BCUT2D eigenvalue weighted by molar-refractivity contribution is 0.416. The molecule has 0 aliphatic heterocycles. The summed E-state index contributed by atoms with van der Waals surface area (Å²) in [6, 6.07) is 21.0. The first-order chi connectivity index (χ1) is 15.1. The number of methoxy groups -OCH3 is 1. The van der Waals surface area contributed by atoms with Crippen molar-refractivity contribution in [3.05, 3.63) is 66.7 Å². The molecule has 1 aromatic heterocycles. The van der Waals surface area contributed by atoms with Gasteiger partial charge in [-0.1, -0.05) is 43.3 Å². The number of aromatic hydroxyl groups is 1. The smallest absolute Gasteiger partial charge is 0.165 e. The Kier molecular flexibility index (Phi) is 6.00. The van der Waals surface area contributed by atoms with Crippen molar-refractivity contribution in [3.63, 3.8) is 0 Å². The SMILES string of the molecule is CCC(N)CNc1nc(-c2cc(-c3ccccc3OC)ccc2O)nc2ccccc12. The predicted octanol–water partition coefficient (Wildman–Crippen LogP) is 4.83. The molecule has 0 saturated carbocycles. The van der Waals surface area contributed by atoms with Crippen LogP contribution in [-0.2, 0) is 0 Å². The maximum Gasteiger partial charge on any atom is 0.165 e. The van der Waals surface area contributed by atoms with E-state index in [0.29, 0.717) is 23.8 Å². The lowest BCUT2D eigenvalue weighted by Crippen LogP contribution is -2.28. The van der Waals surface area contributed by atoms with Crippen LogP contribution >= 0.6 is 0 Å². The van der Waals surface area contributed by atoms with Crippen LogP contribution in [0, 0.1) is 0 Å². The van der Waals surface area contributed by atoms with Gasteiger partial charge in [-0.3, -0.25) is 0 Å². The molecule has 1 atom stereocenters. The molecule has 1 unspecified atom stereocenters. The summed E-state index contributed by atoms with van der Waals surface area (Å²) >= 11 is 0. The molecule has 0 aliphatic rings. The van der Waals surface area contributed by atoms with E-state index in [0.717, 1.165) is 34.2 Å². The number of benzene rings is 3. The molecule has 4 aromatic rings. The number of aromatic nitrogens is 2. The molecule has 6 nitrogen and oxygen atoms in total. The van der Waals surface area contributed by atoms with Gasteiger partial charge in [-0.15, -0.1) is 0 Å². The molecule has 3 aromatic carbocycles. The van der Waals surface area contributed by atoms with Crippen LogP contribution in [0.5, 0.6) is 11.5 Å². The number of ether oxygens (including phenoxy) is 1. The minimum absolute atomic E-state index is 0.0273. The summed E-state index contributed by atoms with van der Waals surface area (Å²) in [6.45, 7) is 2.65. The third-order valence-corrected chi connectivity index (χ3v) is 5.31. The number of hydrogen-bond donors (Lipinski definition) is 3. The highest BCUT2D eigenvalue weighted by molar-refractivity contribution is 5.91. The highest BCUT2D eigenvalue weighted by atomic mass is 16.5. The number of fused-ring (bicyclic) bond motifs is 1. The van der Waals surface area contributed by atoms with Crippen LogP contribution in [0.4, 0.5) is 5.82 Å². The maximum absolute atomic E-state index is 10.6. The van der Waals surface area contributed by atoms with E-state index in [9.17, 15) is 5.11 Å². The van der Waals surface area contributed by atoms with E-state index in [1.165, 1.54) is 0 Å². The van der Waals surface area contributed by atoms with Crippen molar-refractivity contribution in [2.45, 2.75) is 19.4 Å². The molecule has 6 heteroatoms. The van der Waals surface area contributed by atoms with Gasteiger partial charge in [0, 0.05) is 23.5 Å². The fourth-order valence-electron chi connectivity index (χ4n) is 3.47. The summed E-state index contributed by atoms with van der Waals surface area (Å²) in [4.78, 5) is 9.46. The average molecular weight is 415 g/mol. The van der Waals surface area contributed by atoms with E-state index < -0.39 is 0 Å². The molecule has 0 spiro atoms. The van der Waals surface area contributed by atoms with Crippen LogP contribution < -0.4 is 15.8 Å². The monoisotopic (exact) mass is 414 g/mol. The zero-order valence-corrected chi connectivity index (χ0v) is 17.7. The van der Waals surface area contributed by atoms with Crippen LogP contribution in [0.2, 0.25) is 0 Å². The molecule has 0 aliphatic carbocycles. The maximum atomic E-state index is 10.6. The van der Waals surface area contributed by atoms with Crippen molar-refractivity contribution in [2.24, 2.45) is 5.73 Å². The second-order valence-electron chi connectivity index (χ2n) is 7.39. The summed E-state index contributed by atoms with van der Waals surface area (Å²) < 4.78 is 5.50. The quantitative estimate of drug-likeness (QED) is 0.401. The van der Waals surface area contributed by atoms with Crippen LogP contribution in [0.25, 0.3) is 33.4 Å². The van der Waals surface area contributed by atoms with Gasteiger partial charge in [-0.05, 0) is 42.3 Å². The standard InChI is InChI=1S/C25H26N4O2/c1-3-17(26)15-27-24-19-9-4-6-10-21(19)28-25(29-24)20-14-16(12-13-22(20)30)18-8-5-7-11-23(18)31-2/h4-14,17,30H,3,15,26H2,1-2H3,(H,27,28,29). The average Bonchev–Trinajstić information content (AvgIpc) is 2.82. The Bertz CT molecular complexity index is 1210. The molecule has 4 N–H and O–H groups in total. The van der Waals surface area contributed by atoms with Crippen LogP contribution in [0.3, 0.4) is 0 Å². The second-order valence-corrected chi connectivity index (χ2v) is 7.39. The normalized spacial score (nSPS) is 12.0. The highest BCUT2D eigenvalue weighted by Gasteiger charge is 2.15. The van der Waals surface area contributed by atoms with E-state index in [1.54, 1.807) is 13.2 Å². The number of nitrogens with two attached hydrogens (primary N) is 1. The Morgan fingerprint density at radius 1 is 1.00 bits per heavy atom. The van der Waals surface area contributed by atoms with Crippen molar-refractivity contribution in [1.29, 1.82) is 0 Å². The Labute approximate surface area is 181 Å². The molecule has 31 heavy (non-hydrogen) atoms. The van der Waals surface area contributed by atoms with Gasteiger partial charge >= 0.3 is 0 Å². The third kappa shape index (κ3) is 4.29. The Morgan fingerprint density at radius 3 is 2.58 bits per heavy atom. The van der Waals surface area contributed by atoms with E-state index in [-0.39, 0.29) is 11.8 Å². The second kappa shape index (κ2) is 9.02. The number of rotatable bonds is 7. The van der Waals surface area contributed by atoms with Gasteiger partial charge in [0.05, 0.1) is 18.2 Å². The summed E-state index contributed by atoms with van der Waals surface area (Å²) in [5.74, 6) is 2.02. The van der Waals surface area contributed by atoms with E-state index in [2.05, 4.69) is 12.2 Å². The van der Waals surface area contributed by atoms with Crippen LogP contribution in [0.1, 0.15) is 13.3 Å². The number of nitrogens with one attached hydrogen (secondary N) is 1. The number of anilines is 1. The minimum Gasteiger partial charge on any atom is -0.507 e. The van der Waals surface area contributed by atoms with Gasteiger partial charge < -0.3 is 20.9 Å². The lowest BCUT2D eigenvalue weighted by atomic mass is 10.0. The fourth-order valence-corrected chi connectivity index (χ4v) is 3.47. The van der Waals surface area contributed by atoms with Gasteiger partial charge in [0.15, 0.2) is 5.82 Å². The molecule has 0 radical (unpaired) electrons. The highest BCUT2D eigenvalue weighted by Crippen LogP contribution is 2.36. The van der Waals surface area contributed by atoms with Gasteiger partial charge in [-0.25, -0.2) is 9.97 Å². The van der Waals surface area contributed by atoms with Crippen molar-refractivity contribution in [1.82, 2.24) is 9.97 Å². The van der Waals surface area contributed by atoms with Crippen molar-refractivity contribution >= 4 is 16.7 Å². The molecule has 158 valence electrons. The zero-order valence-electron chi connectivity index (χ0n) is 17.7. The number of nitrogens with zero attached hydrogens (tertiary/aromatic N) is 2. The summed E-state index contributed by atoms with van der Waals surface area (Å²) in [5.41, 5.74) is 9.28. The topological polar surface area (TPSA) is 93.3 Å². The Hall–Kier alpha value is -3.64. The molecule has 0 bridgehead atoms. The van der Waals surface area contributed by atoms with Crippen LogP contribution in [-0.4, -0.2) is 34.8 Å². The summed E-state index contributed by atoms with van der Waals surface area (Å²) in [7, 11) is 1.64. The number of para-hydroxylation sites is 2. The Morgan fingerprint density at radius 2 is 1.77 bits per heavy atom. The first kappa shape index (κ1) is 20.6. The van der Waals surface area contributed by atoms with Crippen molar-refractivity contribution in [3.8, 4) is 34.0 Å². The number of hydrogen-bond acceptors (Lipinski definition) is 6. The first-order valence-corrected chi connectivity index (χ1v) is 10.3. The number of phenolic OH excluding ortho intramolecular Hbond substituents is 1. The summed E-state index contributed by atoms with van der Waals surface area (Å²) in [5, 5.41) is 14.9. The zero-order chi connectivity index (χ0) is 21.8. The number of phenols is 1. The molecular weight excluding hydrogens is 388 g/mol. The predicted molar refractivity (Wildman–Crippen MR) is 125 cm³/mol. The molecule has 0 amide bonds. The molecular formula is C25H26N4O2. The fraction of sp³-hybridized carbons (Fsp3) is 0.200. The van der Waals surface area contributed by atoms with Gasteiger partial charge in [-0.2, -0.15) is 0 Å². The molecule has 0 saturated heterocycles. The molecule has 4 rings (SSSR count). The largest absolute Gasteiger partial charge is 0.507 e. The van der Waals surface area contributed by atoms with Crippen LogP contribution in [0.15, 0.2) is 66.7 Å². The minimum atomic E-state index is 0.0273. The molecule has 1 heterocycles. The van der Waals surface area contributed by atoms with Crippen molar-refractivity contribution in [2.75, 3.05) is 19.0 Å². The third-order valence-electron chi connectivity index (χ3n) is 5.31. The van der Waals surface area contributed by atoms with Crippen molar-refractivity contribution < 1.29 is 9.84 Å². The Balaban J connectivity index is 1.83.